The number of pyridine rings is 1. The third-order valence-corrected chi connectivity index (χ3v) is 4.67. The monoisotopic (exact) mass is 383 g/mol. The SMILES string of the molecule is COc1cc(C(=O)Nc2nc(C)cs2)cc(OCCCc2ccccc2)n1. The van der Waals surface area contributed by atoms with Gasteiger partial charge >= 0.3 is 0 Å². The van der Waals surface area contributed by atoms with Crippen LogP contribution in [-0.4, -0.2) is 29.6 Å². The van der Waals surface area contributed by atoms with E-state index in [0.29, 0.717) is 29.1 Å². The lowest BCUT2D eigenvalue weighted by Gasteiger charge is -2.09. The molecule has 0 radical (unpaired) electrons. The average Bonchev–Trinajstić information content (AvgIpc) is 3.10. The van der Waals surface area contributed by atoms with Gasteiger partial charge in [0.15, 0.2) is 5.13 Å². The number of nitrogens with one attached hydrogen (secondary N) is 1. The van der Waals surface area contributed by atoms with Crippen LogP contribution in [0, 0.1) is 6.92 Å². The van der Waals surface area contributed by atoms with E-state index in [-0.39, 0.29) is 5.91 Å². The Labute approximate surface area is 162 Å². The zero-order valence-corrected chi connectivity index (χ0v) is 16.1. The summed E-state index contributed by atoms with van der Waals surface area (Å²) in [4.78, 5) is 21.0. The fraction of sp³-hybridized carbons (Fsp3) is 0.250. The molecule has 2 aromatic heterocycles. The molecule has 2 heterocycles. The van der Waals surface area contributed by atoms with Crippen LogP contribution in [0.5, 0.6) is 11.8 Å². The van der Waals surface area contributed by atoms with E-state index in [1.807, 2.05) is 30.5 Å². The highest BCUT2D eigenvalue weighted by atomic mass is 32.1. The minimum absolute atomic E-state index is 0.279. The quantitative estimate of drug-likeness (QED) is 0.593. The van der Waals surface area contributed by atoms with Crippen LogP contribution in [0.15, 0.2) is 47.8 Å². The summed E-state index contributed by atoms with van der Waals surface area (Å²) in [5.74, 6) is 0.415. The third kappa shape index (κ3) is 5.52. The lowest BCUT2D eigenvalue weighted by molar-refractivity contribution is 0.102. The van der Waals surface area contributed by atoms with Gasteiger partial charge < -0.3 is 9.47 Å². The predicted molar refractivity (Wildman–Crippen MR) is 106 cm³/mol. The Morgan fingerprint density at radius 3 is 2.63 bits per heavy atom. The first-order valence-corrected chi connectivity index (χ1v) is 9.48. The van der Waals surface area contributed by atoms with Gasteiger partial charge in [0, 0.05) is 17.5 Å². The van der Waals surface area contributed by atoms with E-state index in [2.05, 4.69) is 27.4 Å². The molecule has 1 aromatic carbocycles. The number of carbonyl (C=O) groups excluding carboxylic acids is 1. The zero-order valence-electron chi connectivity index (χ0n) is 15.3. The smallest absolute Gasteiger partial charge is 0.257 e. The summed E-state index contributed by atoms with van der Waals surface area (Å²) in [6.45, 7) is 2.38. The van der Waals surface area contributed by atoms with Crippen molar-refractivity contribution in [3.05, 3.63) is 64.7 Å². The molecule has 0 bridgehead atoms. The fourth-order valence-electron chi connectivity index (χ4n) is 2.47. The van der Waals surface area contributed by atoms with E-state index in [0.717, 1.165) is 18.5 Å². The summed E-state index contributed by atoms with van der Waals surface area (Å²) >= 11 is 1.38. The normalized spacial score (nSPS) is 10.4. The van der Waals surface area contributed by atoms with Crippen molar-refractivity contribution in [2.75, 3.05) is 19.0 Å². The second-order valence-electron chi connectivity index (χ2n) is 5.92. The maximum absolute atomic E-state index is 12.5. The first-order valence-electron chi connectivity index (χ1n) is 8.60. The van der Waals surface area contributed by atoms with Gasteiger partial charge in [0.25, 0.3) is 5.91 Å². The molecular weight excluding hydrogens is 362 g/mol. The molecule has 27 heavy (non-hydrogen) atoms. The molecule has 140 valence electrons. The summed E-state index contributed by atoms with van der Waals surface area (Å²) in [5.41, 5.74) is 2.54. The largest absolute Gasteiger partial charge is 0.481 e. The zero-order chi connectivity index (χ0) is 19.1. The average molecular weight is 383 g/mol. The minimum Gasteiger partial charge on any atom is -0.481 e. The van der Waals surface area contributed by atoms with Crippen molar-refractivity contribution < 1.29 is 14.3 Å². The standard InChI is InChI=1S/C20H21N3O3S/c1-14-13-27-20(21-14)23-19(24)16-11-17(25-2)22-18(12-16)26-10-6-9-15-7-4-3-5-8-15/h3-5,7-8,11-13H,6,9-10H2,1-2H3,(H,21,23,24). The first kappa shape index (κ1) is 18.8. The maximum atomic E-state index is 12.5. The number of rotatable bonds is 8. The van der Waals surface area contributed by atoms with E-state index < -0.39 is 0 Å². The number of carbonyl (C=O) groups is 1. The lowest BCUT2D eigenvalue weighted by atomic mass is 10.1. The number of anilines is 1. The van der Waals surface area contributed by atoms with Crippen LogP contribution in [0.1, 0.15) is 28.0 Å². The Kier molecular flexibility index (Phi) is 6.38. The van der Waals surface area contributed by atoms with Gasteiger partial charge in [-0.3, -0.25) is 10.1 Å². The Balaban J connectivity index is 1.61. The van der Waals surface area contributed by atoms with Crippen molar-refractivity contribution in [3.63, 3.8) is 0 Å². The molecule has 0 unspecified atom stereocenters. The van der Waals surface area contributed by atoms with Crippen LogP contribution in [0.3, 0.4) is 0 Å². The van der Waals surface area contributed by atoms with Gasteiger partial charge in [-0.1, -0.05) is 30.3 Å². The van der Waals surface area contributed by atoms with E-state index in [1.165, 1.54) is 24.0 Å². The number of thiazole rings is 1. The Morgan fingerprint density at radius 2 is 1.93 bits per heavy atom. The molecule has 0 spiro atoms. The maximum Gasteiger partial charge on any atom is 0.257 e. The molecule has 0 aliphatic rings. The molecule has 6 nitrogen and oxygen atoms in total. The number of hydrogen-bond donors (Lipinski definition) is 1. The van der Waals surface area contributed by atoms with Gasteiger partial charge in [0.2, 0.25) is 11.8 Å². The summed E-state index contributed by atoms with van der Waals surface area (Å²) in [5, 5.41) is 5.21. The topological polar surface area (TPSA) is 73.3 Å². The number of aromatic nitrogens is 2. The molecule has 0 saturated heterocycles. The van der Waals surface area contributed by atoms with Crippen LogP contribution < -0.4 is 14.8 Å². The van der Waals surface area contributed by atoms with Crippen molar-refractivity contribution in [2.24, 2.45) is 0 Å². The minimum atomic E-state index is -0.279. The molecule has 0 atom stereocenters. The van der Waals surface area contributed by atoms with Crippen molar-refractivity contribution in [1.29, 1.82) is 0 Å². The highest BCUT2D eigenvalue weighted by Gasteiger charge is 2.13. The number of nitrogens with zero attached hydrogens (tertiary/aromatic N) is 2. The van der Waals surface area contributed by atoms with E-state index >= 15 is 0 Å². The van der Waals surface area contributed by atoms with Crippen molar-refractivity contribution in [3.8, 4) is 11.8 Å². The van der Waals surface area contributed by atoms with Crippen LogP contribution in [0.2, 0.25) is 0 Å². The molecule has 0 aliphatic heterocycles. The lowest BCUT2D eigenvalue weighted by Crippen LogP contribution is -2.13. The Morgan fingerprint density at radius 1 is 1.15 bits per heavy atom. The van der Waals surface area contributed by atoms with Gasteiger partial charge in [-0.25, -0.2) is 4.98 Å². The predicted octanol–water partition coefficient (Wildman–Crippen LogP) is 4.12. The first-order chi connectivity index (χ1) is 13.1. The Bertz CT molecular complexity index is 896. The summed E-state index contributed by atoms with van der Waals surface area (Å²) in [7, 11) is 1.51. The highest BCUT2D eigenvalue weighted by Crippen LogP contribution is 2.21. The summed E-state index contributed by atoms with van der Waals surface area (Å²) in [6, 6.07) is 13.4. The molecule has 0 fully saturated rings. The second kappa shape index (κ2) is 9.14. The molecule has 7 heteroatoms. The number of aryl methyl sites for hydroxylation is 2. The third-order valence-electron chi connectivity index (χ3n) is 3.79. The molecular formula is C20H21N3O3S. The Hall–Kier alpha value is -2.93. The molecule has 3 rings (SSSR count). The molecule has 0 aliphatic carbocycles. The number of amides is 1. The van der Waals surface area contributed by atoms with Gasteiger partial charge in [-0.15, -0.1) is 11.3 Å². The summed E-state index contributed by atoms with van der Waals surface area (Å²) < 4.78 is 10.9. The van der Waals surface area contributed by atoms with Gasteiger partial charge in [-0.2, -0.15) is 4.98 Å². The van der Waals surface area contributed by atoms with Gasteiger partial charge in [0.05, 0.1) is 25.0 Å². The van der Waals surface area contributed by atoms with Gasteiger partial charge in [-0.05, 0) is 25.3 Å². The van der Waals surface area contributed by atoms with Crippen molar-refractivity contribution in [1.82, 2.24) is 9.97 Å². The highest BCUT2D eigenvalue weighted by molar-refractivity contribution is 7.13. The van der Waals surface area contributed by atoms with Crippen LogP contribution in [0.4, 0.5) is 5.13 Å². The second-order valence-corrected chi connectivity index (χ2v) is 6.78. The van der Waals surface area contributed by atoms with Crippen molar-refractivity contribution in [2.45, 2.75) is 19.8 Å². The number of benzene rings is 1. The van der Waals surface area contributed by atoms with Crippen LogP contribution in [0.25, 0.3) is 0 Å². The molecule has 3 aromatic rings. The van der Waals surface area contributed by atoms with Crippen molar-refractivity contribution >= 4 is 22.4 Å². The van der Waals surface area contributed by atoms with Gasteiger partial charge in [0.1, 0.15) is 0 Å². The summed E-state index contributed by atoms with van der Waals surface area (Å²) in [6.07, 6.45) is 1.77. The van der Waals surface area contributed by atoms with Crippen LogP contribution >= 0.6 is 11.3 Å². The van der Waals surface area contributed by atoms with Crippen LogP contribution in [-0.2, 0) is 6.42 Å². The number of methoxy groups -OCH3 is 1. The number of hydrogen-bond acceptors (Lipinski definition) is 6. The molecule has 1 N–H and O–H groups in total. The molecule has 1 amide bonds. The van der Waals surface area contributed by atoms with E-state index in [4.69, 9.17) is 9.47 Å². The number of ether oxygens (including phenoxy) is 2. The molecule has 0 saturated carbocycles. The van der Waals surface area contributed by atoms with E-state index in [1.54, 1.807) is 12.1 Å². The van der Waals surface area contributed by atoms with E-state index in [9.17, 15) is 4.79 Å². The fourth-order valence-corrected chi connectivity index (χ4v) is 3.15.